The highest BCUT2D eigenvalue weighted by Gasteiger charge is 2.23. The van der Waals surface area contributed by atoms with Crippen molar-refractivity contribution in [2.45, 2.75) is 45.2 Å². The number of nitrogens with one attached hydrogen (secondary N) is 1. The van der Waals surface area contributed by atoms with Gasteiger partial charge in [0, 0.05) is 23.3 Å². The van der Waals surface area contributed by atoms with E-state index in [-0.39, 0.29) is 18.2 Å². The fraction of sp³-hybridized carbons (Fsp3) is 0.364. The maximum absolute atomic E-state index is 13.5. The van der Waals surface area contributed by atoms with Gasteiger partial charge in [-0.2, -0.15) is 0 Å². The molecule has 0 amide bonds. The quantitative estimate of drug-likeness (QED) is 0.605. The molecule has 4 rings (SSSR count). The summed E-state index contributed by atoms with van der Waals surface area (Å²) in [5, 5.41) is 13.3. The van der Waals surface area contributed by atoms with Crippen LogP contribution in [0.3, 0.4) is 0 Å². The van der Waals surface area contributed by atoms with Gasteiger partial charge in [0.05, 0.1) is 24.0 Å². The molecule has 1 aliphatic rings. The van der Waals surface area contributed by atoms with E-state index in [2.05, 4.69) is 5.32 Å². The molecule has 29 heavy (non-hydrogen) atoms. The number of aliphatic carboxylic acids is 1. The number of carboxylic acid groups (broad SMARTS) is 1. The van der Waals surface area contributed by atoms with Crippen molar-refractivity contribution in [3.63, 3.8) is 0 Å². The van der Waals surface area contributed by atoms with Crippen LogP contribution in [0, 0.1) is 0 Å². The minimum Gasteiger partial charge on any atom is -0.481 e. The van der Waals surface area contributed by atoms with Crippen LogP contribution >= 0.6 is 11.6 Å². The third-order valence-corrected chi connectivity index (χ3v) is 5.81. The summed E-state index contributed by atoms with van der Waals surface area (Å²) < 4.78 is 3.40. The number of nitrogens with zero attached hydrogens (tertiary/aromatic N) is 2. The predicted molar refractivity (Wildman–Crippen MR) is 115 cm³/mol. The van der Waals surface area contributed by atoms with E-state index in [4.69, 9.17) is 11.6 Å². The zero-order valence-electron chi connectivity index (χ0n) is 16.3. The van der Waals surface area contributed by atoms with Crippen LogP contribution < -0.4 is 11.0 Å². The third kappa shape index (κ3) is 3.65. The molecule has 152 valence electrons. The van der Waals surface area contributed by atoms with Gasteiger partial charge in [0.1, 0.15) is 0 Å². The zero-order valence-corrected chi connectivity index (χ0v) is 17.1. The number of para-hydroxylation sites is 2. The van der Waals surface area contributed by atoms with E-state index in [1.807, 2.05) is 43.3 Å². The summed E-state index contributed by atoms with van der Waals surface area (Å²) in [4.78, 5) is 24.9. The van der Waals surface area contributed by atoms with Crippen molar-refractivity contribution < 1.29 is 9.90 Å². The van der Waals surface area contributed by atoms with Gasteiger partial charge in [-0.25, -0.2) is 4.79 Å². The minimum absolute atomic E-state index is 0.0712. The first-order chi connectivity index (χ1) is 14.0. The number of benzene rings is 2. The van der Waals surface area contributed by atoms with Crippen LogP contribution in [0.2, 0.25) is 5.02 Å². The van der Waals surface area contributed by atoms with E-state index in [0.717, 1.165) is 41.7 Å². The van der Waals surface area contributed by atoms with Gasteiger partial charge in [-0.15, -0.1) is 0 Å². The van der Waals surface area contributed by atoms with E-state index < -0.39 is 5.97 Å². The van der Waals surface area contributed by atoms with Gasteiger partial charge < -0.3 is 10.4 Å². The Morgan fingerprint density at radius 3 is 2.76 bits per heavy atom. The van der Waals surface area contributed by atoms with Gasteiger partial charge in [-0.05, 0) is 48.2 Å². The summed E-state index contributed by atoms with van der Waals surface area (Å²) in [6, 6.07) is 11.1. The third-order valence-electron chi connectivity index (χ3n) is 5.59. The van der Waals surface area contributed by atoms with E-state index >= 15 is 0 Å². The summed E-state index contributed by atoms with van der Waals surface area (Å²) in [7, 11) is 0. The number of hydrogen-bond donors (Lipinski definition) is 2. The number of carboxylic acids is 1. The largest absolute Gasteiger partial charge is 0.481 e. The lowest BCUT2D eigenvalue weighted by atomic mass is 10.0. The SMILES string of the molecule is CCCC(CC(=O)O)n1c(=O)n(Cc2cc(Cl)cc3c2CCN3)c2ccccc21. The van der Waals surface area contributed by atoms with Crippen LogP contribution in [0.25, 0.3) is 11.0 Å². The van der Waals surface area contributed by atoms with Crippen molar-refractivity contribution in [1.82, 2.24) is 9.13 Å². The average Bonchev–Trinajstić information content (AvgIpc) is 3.24. The fourth-order valence-electron chi connectivity index (χ4n) is 4.37. The molecule has 2 aromatic carbocycles. The molecule has 0 fully saturated rings. The molecule has 3 aromatic rings. The van der Waals surface area contributed by atoms with Crippen molar-refractivity contribution in [1.29, 1.82) is 0 Å². The second-order valence-corrected chi connectivity index (χ2v) is 7.97. The number of halogens is 1. The summed E-state index contributed by atoms with van der Waals surface area (Å²) in [5.41, 5.74) is 4.64. The van der Waals surface area contributed by atoms with Gasteiger partial charge in [0.15, 0.2) is 0 Å². The maximum Gasteiger partial charge on any atom is 0.329 e. The molecule has 0 spiro atoms. The minimum atomic E-state index is -0.897. The smallest absolute Gasteiger partial charge is 0.329 e. The van der Waals surface area contributed by atoms with Gasteiger partial charge >= 0.3 is 11.7 Å². The Bertz CT molecular complexity index is 1130. The standard InChI is InChI=1S/C22H24ClN3O3/c1-2-5-16(12-21(27)28)26-20-7-4-3-6-19(20)25(22(26)29)13-14-10-15(23)11-18-17(14)8-9-24-18/h3-4,6-7,10-11,16,24H,2,5,8-9,12-13H2,1H3,(H,27,28). The second kappa shape index (κ2) is 7.95. The van der Waals surface area contributed by atoms with Gasteiger partial charge in [-0.1, -0.05) is 37.1 Å². The second-order valence-electron chi connectivity index (χ2n) is 7.54. The van der Waals surface area contributed by atoms with Gasteiger partial charge in [0.2, 0.25) is 0 Å². The number of rotatable bonds is 7. The lowest BCUT2D eigenvalue weighted by molar-refractivity contribution is -0.137. The number of carbonyl (C=O) groups is 1. The van der Waals surface area contributed by atoms with Crippen molar-refractivity contribution in [3.05, 3.63) is 63.0 Å². The first kappa shape index (κ1) is 19.6. The molecule has 2 heterocycles. The van der Waals surface area contributed by atoms with Crippen LogP contribution in [0.15, 0.2) is 41.2 Å². The molecule has 0 saturated carbocycles. The van der Waals surface area contributed by atoms with E-state index in [1.165, 1.54) is 5.56 Å². The summed E-state index contributed by atoms with van der Waals surface area (Å²) >= 11 is 6.31. The fourth-order valence-corrected chi connectivity index (χ4v) is 4.62. The number of aromatic nitrogens is 2. The molecule has 0 aliphatic carbocycles. The van der Waals surface area contributed by atoms with E-state index in [9.17, 15) is 14.7 Å². The molecule has 1 aliphatic heterocycles. The molecule has 7 heteroatoms. The van der Waals surface area contributed by atoms with E-state index in [0.29, 0.717) is 18.0 Å². The molecule has 0 bridgehead atoms. The van der Waals surface area contributed by atoms with Crippen molar-refractivity contribution in [3.8, 4) is 0 Å². The summed E-state index contributed by atoms with van der Waals surface area (Å²) in [5.74, 6) is -0.897. The highest BCUT2D eigenvalue weighted by Crippen LogP contribution is 2.31. The summed E-state index contributed by atoms with van der Waals surface area (Å²) in [6.07, 6.45) is 2.26. The van der Waals surface area contributed by atoms with Crippen LogP contribution in [0.4, 0.5) is 5.69 Å². The van der Waals surface area contributed by atoms with Crippen molar-refractivity contribution in [2.24, 2.45) is 0 Å². The monoisotopic (exact) mass is 413 g/mol. The number of hydrogen-bond acceptors (Lipinski definition) is 3. The van der Waals surface area contributed by atoms with Crippen LogP contribution in [-0.2, 0) is 17.8 Å². The van der Waals surface area contributed by atoms with Crippen LogP contribution in [-0.4, -0.2) is 26.8 Å². The van der Waals surface area contributed by atoms with Crippen molar-refractivity contribution in [2.75, 3.05) is 11.9 Å². The lowest BCUT2D eigenvalue weighted by Gasteiger charge is -2.16. The normalized spacial score (nSPS) is 14.0. The predicted octanol–water partition coefficient (Wildman–Crippen LogP) is 4.29. The summed E-state index contributed by atoms with van der Waals surface area (Å²) in [6.45, 7) is 3.26. The molecule has 0 saturated heterocycles. The Labute approximate surface area is 173 Å². The molecular formula is C22H24ClN3O3. The maximum atomic E-state index is 13.5. The van der Waals surface area contributed by atoms with Crippen LogP contribution in [0.5, 0.6) is 0 Å². The number of fused-ring (bicyclic) bond motifs is 2. The Balaban J connectivity index is 1.86. The van der Waals surface area contributed by atoms with Crippen LogP contribution in [0.1, 0.15) is 43.4 Å². The zero-order chi connectivity index (χ0) is 20.5. The van der Waals surface area contributed by atoms with Crippen molar-refractivity contribution >= 4 is 34.3 Å². The Morgan fingerprint density at radius 2 is 2.03 bits per heavy atom. The molecule has 1 atom stereocenters. The molecular weight excluding hydrogens is 390 g/mol. The van der Waals surface area contributed by atoms with Gasteiger partial charge in [-0.3, -0.25) is 13.9 Å². The lowest BCUT2D eigenvalue weighted by Crippen LogP contribution is -2.29. The molecule has 0 radical (unpaired) electrons. The molecule has 2 N–H and O–H groups in total. The topological polar surface area (TPSA) is 76.3 Å². The van der Waals surface area contributed by atoms with Gasteiger partial charge in [0.25, 0.3) is 0 Å². The number of imidazole rings is 1. The average molecular weight is 414 g/mol. The highest BCUT2D eigenvalue weighted by molar-refractivity contribution is 6.31. The highest BCUT2D eigenvalue weighted by atomic mass is 35.5. The molecule has 6 nitrogen and oxygen atoms in total. The molecule has 1 unspecified atom stereocenters. The first-order valence-corrected chi connectivity index (χ1v) is 10.3. The molecule has 1 aromatic heterocycles. The number of anilines is 1. The van der Waals surface area contributed by atoms with E-state index in [1.54, 1.807) is 9.13 Å². The Kier molecular flexibility index (Phi) is 5.37. The Morgan fingerprint density at radius 1 is 1.28 bits per heavy atom. The first-order valence-electron chi connectivity index (χ1n) is 9.96. The Hall–Kier alpha value is -2.73.